The monoisotopic (exact) mass is 508 g/mol. The van der Waals surface area contributed by atoms with Crippen LogP contribution < -0.4 is 9.64 Å². The minimum Gasteiger partial charge on any atom is -0.486 e. The van der Waals surface area contributed by atoms with Crippen molar-refractivity contribution in [2.45, 2.75) is 83.6 Å². The van der Waals surface area contributed by atoms with Crippen LogP contribution >= 0.6 is 0 Å². The lowest BCUT2D eigenvalue weighted by Crippen LogP contribution is -2.47. The third kappa shape index (κ3) is 5.55. The molecule has 7 heteroatoms. The molecule has 1 unspecified atom stereocenters. The number of nitrogens with zero attached hydrogens (tertiary/aromatic N) is 3. The third-order valence-corrected chi connectivity index (χ3v) is 7.57. The summed E-state index contributed by atoms with van der Waals surface area (Å²) in [4.78, 5) is 23.7. The van der Waals surface area contributed by atoms with Crippen LogP contribution in [0, 0.1) is 5.82 Å². The Kier molecular flexibility index (Phi) is 9.84. The predicted octanol–water partition coefficient (Wildman–Crippen LogP) is 7.38. The first kappa shape index (κ1) is 28.4. The number of H-pyrrole nitrogens is 1. The minimum atomic E-state index is -0.274. The highest BCUT2D eigenvalue weighted by atomic mass is 19.1. The maximum absolute atomic E-state index is 14.5. The van der Waals surface area contributed by atoms with Gasteiger partial charge in [-0.3, -0.25) is 0 Å². The van der Waals surface area contributed by atoms with Crippen LogP contribution in [-0.2, 0) is 10.2 Å². The minimum absolute atomic E-state index is 0.0345. The van der Waals surface area contributed by atoms with Crippen molar-refractivity contribution in [3.05, 3.63) is 49.1 Å². The number of nitrogens with one attached hydrogen (secondary N) is 1. The fourth-order valence-corrected chi connectivity index (χ4v) is 5.81. The summed E-state index contributed by atoms with van der Waals surface area (Å²) in [6, 6.07) is 5.46. The van der Waals surface area contributed by atoms with Gasteiger partial charge in [0, 0.05) is 34.6 Å². The number of carbonyl (C=O) groups is 1. The maximum Gasteiger partial charge on any atom is 0.184 e. The van der Waals surface area contributed by atoms with Crippen LogP contribution in [-0.4, -0.2) is 40.9 Å². The lowest BCUT2D eigenvalue weighted by atomic mass is 9.73. The van der Waals surface area contributed by atoms with E-state index in [1.165, 1.54) is 38.2 Å². The predicted molar refractivity (Wildman–Crippen MR) is 150 cm³/mol. The molecule has 1 N–H and O–H groups in total. The zero-order valence-electron chi connectivity index (χ0n) is 22.6. The molecule has 3 aliphatic rings. The molecular weight excluding hydrogens is 467 g/mol. The summed E-state index contributed by atoms with van der Waals surface area (Å²) in [5.74, 6) is 2.12. The Balaban J connectivity index is 0.000000593. The molecule has 0 radical (unpaired) electrons. The highest BCUT2D eigenvalue weighted by Crippen LogP contribution is 2.48. The van der Waals surface area contributed by atoms with E-state index >= 15 is 0 Å². The van der Waals surface area contributed by atoms with E-state index in [-0.39, 0.29) is 11.2 Å². The van der Waals surface area contributed by atoms with Gasteiger partial charge in [-0.15, -0.1) is 13.2 Å². The number of halogens is 1. The fraction of sp³-hybridized carbons (Fsp3) is 0.500. The van der Waals surface area contributed by atoms with Gasteiger partial charge in [0.1, 0.15) is 19.2 Å². The average Bonchev–Trinajstić information content (AvgIpc) is 3.44. The topological polar surface area (TPSA) is 71.1 Å². The van der Waals surface area contributed by atoms with Gasteiger partial charge in [-0.05, 0) is 50.3 Å². The van der Waals surface area contributed by atoms with Crippen molar-refractivity contribution in [1.29, 1.82) is 0 Å². The number of hydrogen-bond donors (Lipinski definition) is 1. The van der Waals surface area contributed by atoms with Gasteiger partial charge in [0.25, 0.3) is 0 Å². The Labute approximate surface area is 220 Å². The van der Waals surface area contributed by atoms with Crippen molar-refractivity contribution in [3.8, 4) is 17.1 Å². The molecule has 0 bridgehead atoms. The second-order valence-electron chi connectivity index (χ2n) is 9.72. The number of benzene rings is 1. The van der Waals surface area contributed by atoms with E-state index in [9.17, 15) is 4.39 Å². The van der Waals surface area contributed by atoms with Crippen LogP contribution in [0.4, 0.5) is 10.2 Å². The number of anilines is 1. The standard InChI is InChI=1S/C25H29FN4O.C2H6.C2H4.CH2O/c1-25(9-4-2-5-10-25)22-21-24(30-12-6-3-7-17(30)15-31-21)29-23(28-22)19-13-16(26)14-20-18(19)8-11-27-20;3*1-2/h8,11,13-14,17,27H,2-7,9-10,12,15H2,1H3;1-2H3;1-2H2;1H2. The number of ether oxygens (including phenoxy) is 1. The SMILES string of the molecule is C=C.C=O.CC.CC1(c2nc(-c3cc(F)cc4[nH]ccc34)nc3c2OCC2CCCCN32)CCCCC1. The Bertz CT molecular complexity index is 1170. The number of rotatable bonds is 2. The second-order valence-corrected chi connectivity index (χ2v) is 9.72. The van der Waals surface area contributed by atoms with Crippen molar-refractivity contribution >= 4 is 23.5 Å². The Morgan fingerprint density at radius 3 is 2.54 bits per heavy atom. The zero-order chi connectivity index (χ0) is 27.0. The number of fused-ring (bicyclic) bond motifs is 4. The van der Waals surface area contributed by atoms with Gasteiger partial charge in [0.2, 0.25) is 0 Å². The number of piperidine rings is 1. The van der Waals surface area contributed by atoms with Gasteiger partial charge in [-0.1, -0.05) is 40.0 Å². The molecule has 0 amide bonds. The van der Waals surface area contributed by atoms with Gasteiger partial charge in [0.15, 0.2) is 17.4 Å². The summed E-state index contributed by atoms with van der Waals surface area (Å²) in [5.41, 5.74) is 2.50. The van der Waals surface area contributed by atoms with Crippen molar-refractivity contribution in [3.63, 3.8) is 0 Å². The quantitative estimate of drug-likeness (QED) is 0.366. The lowest BCUT2D eigenvalue weighted by molar-refractivity contribution is -0.0980. The Hall–Kier alpha value is -3.22. The molecule has 1 aliphatic carbocycles. The van der Waals surface area contributed by atoms with Crippen LogP contribution in [0.5, 0.6) is 5.75 Å². The van der Waals surface area contributed by atoms with Crippen LogP contribution in [0.25, 0.3) is 22.3 Å². The summed E-state index contributed by atoms with van der Waals surface area (Å²) in [7, 11) is 0. The molecule has 2 fully saturated rings. The normalized spacial score (nSPS) is 19.4. The van der Waals surface area contributed by atoms with Crippen LogP contribution in [0.3, 0.4) is 0 Å². The third-order valence-electron chi connectivity index (χ3n) is 7.57. The van der Waals surface area contributed by atoms with E-state index in [0.717, 1.165) is 59.5 Å². The molecule has 3 aromatic rings. The molecule has 1 atom stereocenters. The molecule has 200 valence electrons. The lowest BCUT2D eigenvalue weighted by Gasteiger charge is -2.43. The Morgan fingerprint density at radius 1 is 1.08 bits per heavy atom. The smallest absolute Gasteiger partial charge is 0.184 e. The first-order valence-electron chi connectivity index (χ1n) is 13.5. The highest BCUT2D eigenvalue weighted by molar-refractivity contribution is 5.93. The van der Waals surface area contributed by atoms with E-state index in [2.05, 4.69) is 30.0 Å². The van der Waals surface area contributed by atoms with Crippen LogP contribution in [0.1, 0.15) is 77.8 Å². The van der Waals surface area contributed by atoms with Gasteiger partial charge in [0.05, 0.1) is 11.7 Å². The summed E-state index contributed by atoms with van der Waals surface area (Å²) in [6.07, 6.45) is 11.3. The van der Waals surface area contributed by atoms with E-state index in [1.807, 2.05) is 32.9 Å². The van der Waals surface area contributed by atoms with Gasteiger partial charge in [-0.25, -0.2) is 14.4 Å². The summed E-state index contributed by atoms with van der Waals surface area (Å²) in [5, 5.41) is 0.952. The molecule has 1 saturated heterocycles. The van der Waals surface area contributed by atoms with E-state index < -0.39 is 0 Å². The molecule has 4 heterocycles. The van der Waals surface area contributed by atoms with Crippen LogP contribution in [0.15, 0.2) is 37.6 Å². The molecule has 2 aromatic heterocycles. The van der Waals surface area contributed by atoms with E-state index in [1.54, 1.807) is 6.07 Å². The molecule has 37 heavy (non-hydrogen) atoms. The van der Waals surface area contributed by atoms with Crippen molar-refractivity contribution in [2.24, 2.45) is 0 Å². The average molecular weight is 509 g/mol. The first-order chi connectivity index (χ1) is 18.1. The van der Waals surface area contributed by atoms with Gasteiger partial charge in [-0.2, -0.15) is 0 Å². The Morgan fingerprint density at radius 2 is 1.81 bits per heavy atom. The van der Waals surface area contributed by atoms with E-state index in [4.69, 9.17) is 19.5 Å². The molecular formula is C30H41FN4O2. The van der Waals surface area contributed by atoms with Crippen molar-refractivity contribution in [2.75, 3.05) is 18.1 Å². The first-order valence-corrected chi connectivity index (χ1v) is 13.5. The highest BCUT2D eigenvalue weighted by Gasteiger charge is 2.40. The number of aromatic amines is 1. The number of hydrogen-bond acceptors (Lipinski definition) is 5. The second kappa shape index (κ2) is 12.8. The molecule has 2 aliphatic heterocycles. The van der Waals surface area contributed by atoms with Crippen LogP contribution in [0.2, 0.25) is 0 Å². The number of carbonyl (C=O) groups excluding carboxylic acids is 1. The molecule has 6 rings (SSSR count). The number of aromatic nitrogens is 3. The molecule has 1 aromatic carbocycles. The molecule has 1 saturated carbocycles. The zero-order valence-corrected chi connectivity index (χ0v) is 22.6. The largest absolute Gasteiger partial charge is 0.486 e. The summed E-state index contributed by atoms with van der Waals surface area (Å²) < 4.78 is 20.9. The molecule has 0 spiro atoms. The fourth-order valence-electron chi connectivity index (χ4n) is 5.81. The van der Waals surface area contributed by atoms with Crippen molar-refractivity contribution < 1.29 is 13.9 Å². The van der Waals surface area contributed by atoms with Crippen molar-refractivity contribution in [1.82, 2.24) is 15.0 Å². The maximum atomic E-state index is 14.5. The summed E-state index contributed by atoms with van der Waals surface area (Å²) in [6.45, 7) is 16.0. The molecule has 6 nitrogen and oxygen atoms in total. The van der Waals surface area contributed by atoms with Gasteiger partial charge < -0.3 is 19.4 Å². The van der Waals surface area contributed by atoms with Gasteiger partial charge >= 0.3 is 0 Å². The van der Waals surface area contributed by atoms with E-state index in [0.29, 0.717) is 18.5 Å². The summed E-state index contributed by atoms with van der Waals surface area (Å²) >= 11 is 0.